The molecule has 2 aromatic heterocycles. The molecule has 152 valence electrons. The van der Waals surface area contributed by atoms with E-state index < -0.39 is 42.1 Å². The number of halogens is 1. The number of nitrogens with one attached hydrogen (secondary N) is 2. The normalized spacial score (nSPS) is 24.9. The van der Waals surface area contributed by atoms with Crippen LogP contribution in [0.5, 0.6) is 0 Å². The van der Waals surface area contributed by atoms with Gasteiger partial charge in [0.05, 0.1) is 12.4 Å². The van der Waals surface area contributed by atoms with Gasteiger partial charge in [0.2, 0.25) is 0 Å². The van der Waals surface area contributed by atoms with E-state index in [-0.39, 0.29) is 5.15 Å². The minimum atomic E-state index is -1.29. The van der Waals surface area contributed by atoms with Gasteiger partial charge >= 0.3 is 6.09 Å². The lowest BCUT2D eigenvalue weighted by atomic mass is 10.1. The molecule has 1 aliphatic heterocycles. The molecule has 0 saturated carbocycles. The van der Waals surface area contributed by atoms with Crippen molar-refractivity contribution in [1.29, 1.82) is 0 Å². The second kappa shape index (κ2) is 7.49. The molecule has 3 N–H and O–H groups in total. The number of aliphatic hydroxyl groups excluding tert-OH is 1. The third-order valence-corrected chi connectivity index (χ3v) is 4.33. The van der Waals surface area contributed by atoms with Crippen LogP contribution in [-0.4, -0.2) is 67.5 Å². The molecular weight excluding hydrogens is 392 g/mol. The molecule has 0 spiro atoms. The number of rotatable bonds is 3. The topological polar surface area (TPSA) is 140 Å². The Morgan fingerprint density at radius 3 is 2.68 bits per heavy atom. The van der Waals surface area contributed by atoms with E-state index in [2.05, 4.69) is 25.6 Å². The Morgan fingerprint density at radius 2 is 2.04 bits per heavy atom. The maximum Gasteiger partial charge on any atom is 0.408 e. The van der Waals surface area contributed by atoms with Gasteiger partial charge in [0.25, 0.3) is 5.91 Å². The second-order valence-corrected chi connectivity index (χ2v) is 7.57. The van der Waals surface area contributed by atoms with Gasteiger partial charge in [-0.1, -0.05) is 11.6 Å². The number of aliphatic hydroxyl groups is 1. The lowest BCUT2D eigenvalue weighted by Crippen LogP contribution is -2.52. The van der Waals surface area contributed by atoms with E-state index in [0.717, 1.165) is 0 Å². The van der Waals surface area contributed by atoms with Crippen molar-refractivity contribution in [3.8, 4) is 0 Å². The lowest BCUT2D eigenvalue weighted by Gasteiger charge is -2.24. The first-order valence-corrected chi connectivity index (χ1v) is 8.88. The van der Waals surface area contributed by atoms with E-state index in [4.69, 9.17) is 21.1 Å². The molecule has 1 saturated heterocycles. The standard InChI is InChI=1S/C16H21ClN6O5/c1-16(2,3)28-15(26)22-7-9(24)14(27-10(7)13(25)18-4)23-6-21-8-11(17)19-5-20-12(8)23/h5-7,9-10,14,24H,1-4H3,(H,18,25)(H,22,26). The van der Waals surface area contributed by atoms with Crippen molar-refractivity contribution in [3.63, 3.8) is 0 Å². The van der Waals surface area contributed by atoms with Crippen LogP contribution in [0.25, 0.3) is 11.2 Å². The molecule has 11 nitrogen and oxygen atoms in total. The van der Waals surface area contributed by atoms with Gasteiger partial charge in [0.15, 0.2) is 23.1 Å². The Kier molecular flexibility index (Phi) is 5.41. The quantitative estimate of drug-likeness (QED) is 0.614. The van der Waals surface area contributed by atoms with Crippen molar-refractivity contribution in [1.82, 2.24) is 30.2 Å². The largest absolute Gasteiger partial charge is 0.444 e. The van der Waals surface area contributed by atoms with E-state index in [1.165, 1.54) is 24.3 Å². The number of aromatic nitrogens is 4. The summed E-state index contributed by atoms with van der Waals surface area (Å²) in [7, 11) is 1.43. The summed E-state index contributed by atoms with van der Waals surface area (Å²) in [5.41, 5.74) is -0.109. The zero-order chi connectivity index (χ0) is 20.6. The second-order valence-electron chi connectivity index (χ2n) is 7.21. The number of nitrogens with zero attached hydrogens (tertiary/aromatic N) is 4. The number of hydrogen-bond acceptors (Lipinski definition) is 8. The molecule has 1 fully saturated rings. The SMILES string of the molecule is CNC(=O)C1OC(n2cnc3c(Cl)ncnc32)C(O)C1NC(=O)OC(C)(C)C. The number of likely N-dealkylation sites (N-methyl/N-ethyl adjacent to an activating group) is 1. The molecule has 28 heavy (non-hydrogen) atoms. The highest BCUT2D eigenvalue weighted by Crippen LogP contribution is 2.32. The zero-order valence-corrected chi connectivity index (χ0v) is 16.5. The molecule has 3 rings (SSSR count). The summed E-state index contributed by atoms with van der Waals surface area (Å²) < 4.78 is 12.4. The summed E-state index contributed by atoms with van der Waals surface area (Å²) in [4.78, 5) is 36.5. The van der Waals surface area contributed by atoms with Crippen LogP contribution in [0.4, 0.5) is 4.79 Å². The molecule has 4 unspecified atom stereocenters. The van der Waals surface area contributed by atoms with Crippen molar-refractivity contribution >= 4 is 34.8 Å². The number of amides is 2. The Balaban J connectivity index is 1.91. The van der Waals surface area contributed by atoms with E-state index in [0.29, 0.717) is 11.2 Å². The first-order chi connectivity index (χ1) is 13.1. The van der Waals surface area contributed by atoms with Crippen molar-refractivity contribution in [2.24, 2.45) is 0 Å². The molecule has 3 heterocycles. The van der Waals surface area contributed by atoms with Crippen LogP contribution in [0.3, 0.4) is 0 Å². The number of carbonyl (C=O) groups excluding carboxylic acids is 2. The number of fused-ring (bicyclic) bond motifs is 1. The highest BCUT2D eigenvalue weighted by Gasteiger charge is 2.49. The Labute approximate surface area is 165 Å². The number of imidazole rings is 1. The number of carbonyl (C=O) groups is 2. The molecule has 0 aromatic carbocycles. The van der Waals surface area contributed by atoms with Gasteiger partial charge in [-0.05, 0) is 20.8 Å². The Bertz CT molecular complexity index is 897. The Morgan fingerprint density at radius 1 is 1.32 bits per heavy atom. The number of hydrogen-bond donors (Lipinski definition) is 3. The molecule has 0 radical (unpaired) electrons. The molecule has 1 aliphatic rings. The number of ether oxygens (including phenoxy) is 2. The highest BCUT2D eigenvalue weighted by molar-refractivity contribution is 6.33. The van der Waals surface area contributed by atoms with Gasteiger partial charge in [0.1, 0.15) is 23.5 Å². The minimum absolute atomic E-state index is 0.141. The third-order valence-electron chi connectivity index (χ3n) is 4.05. The fourth-order valence-corrected chi connectivity index (χ4v) is 3.06. The summed E-state index contributed by atoms with van der Waals surface area (Å²) in [5.74, 6) is -0.514. The maximum absolute atomic E-state index is 12.3. The molecule has 12 heteroatoms. The first kappa shape index (κ1) is 20.2. The molecule has 4 atom stereocenters. The zero-order valence-electron chi connectivity index (χ0n) is 15.7. The van der Waals surface area contributed by atoms with Crippen molar-refractivity contribution < 1.29 is 24.2 Å². The predicted octanol–water partition coefficient (Wildman–Crippen LogP) is 0.377. The lowest BCUT2D eigenvalue weighted by molar-refractivity contribution is -0.134. The smallest absolute Gasteiger partial charge is 0.408 e. The average Bonchev–Trinajstić information content (AvgIpc) is 3.16. The fourth-order valence-electron chi connectivity index (χ4n) is 2.88. The van der Waals surface area contributed by atoms with Gasteiger partial charge in [-0.15, -0.1) is 0 Å². The fraction of sp³-hybridized carbons (Fsp3) is 0.562. The van der Waals surface area contributed by atoms with Crippen LogP contribution in [0.2, 0.25) is 5.15 Å². The van der Waals surface area contributed by atoms with E-state index in [9.17, 15) is 14.7 Å². The van der Waals surface area contributed by atoms with Crippen LogP contribution in [0, 0.1) is 0 Å². The summed E-state index contributed by atoms with van der Waals surface area (Å²) in [6.07, 6.45) is -1.66. The van der Waals surface area contributed by atoms with Crippen LogP contribution in [-0.2, 0) is 14.3 Å². The summed E-state index contributed by atoms with van der Waals surface area (Å²) in [6.45, 7) is 5.11. The van der Waals surface area contributed by atoms with Crippen LogP contribution >= 0.6 is 11.6 Å². The highest BCUT2D eigenvalue weighted by atomic mass is 35.5. The number of alkyl carbamates (subject to hydrolysis) is 1. The maximum atomic E-state index is 12.3. The monoisotopic (exact) mass is 412 g/mol. The van der Waals surface area contributed by atoms with Crippen molar-refractivity contribution in [2.75, 3.05) is 7.05 Å². The van der Waals surface area contributed by atoms with Gasteiger partial charge in [-0.25, -0.2) is 19.7 Å². The molecule has 0 bridgehead atoms. The van der Waals surface area contributed by atoms with Crippen LogP contribution in [0.1, 0.15) is 27.0 Å². The van der Waals surface area contributed by atoms with Crippen LogP contribution in [0.15, 0.2) is 12.7 Å². The summed E-state index contributed by atoms with van der Waals surface area (Å²) in [6, 6.07) is -1.06. The van der Waals surface area contributed by atoms with Gasteiger partial charge in [-0.3, -0.25) is 9.36 Å². The van der Waals surface area contributed by atoms with Crippen LogP contribution < -0.4 is 10.6 Å². The van der Waals surface area contributed by atoms with Crippen molar-refractivity contribution in [3.05, 3.63) is 17.8 Å². The van der Waals surface area contributed by atoms with E-state index in [1.807, 2.05) is 0 Å². The van der Waals surface area contributed by atoms with Gasteiger partial charge in [0, 0.05) is 7.05 Å². The predicted molar refractivity (Wildman–Crippen MR) is 97.5 cm³/mol. The van der Waals surface area contributed by atoms with Crippen molar-refractivity contribution in [2.45, 2.75) is 50.8 Å². The molecule has 0 aliphatic carbocycles. The average molecular weight is 413 g/mol. The summed E-state index contributed by atoms with van der Waals surface area (Å²) in [5, 5.41) is 15.9. The van der Waals surface area contributed by atoms with Gasteiger partial charge < -0.3 is 25.2 Å². The van der Waals surface area contributed by atoms with Gasteiger partial charge in [-0.2, -0.15) is 0 Å². The van der Waals surface area contributed by atoms with E-state index in [1.54, 1.807) is 20.8 Å². The first-order valence-electron chi connectivity index (χ1n) is 8.50. The molecule has 2 amide bonds. The molecular formula is C16H21ClN6O5. The third kappa shape index (κ3) is 3.86. The minimum Gasteiger partial charge on any atom is -0.444 e. The summed E-state index contributed by atoms with van der Waals surface area (Å²) >= 11 is 6.01. The Hall–Kier alpha value is -2.50. The van der Waals surface area contributed by atoms with E-state index >= 15 is 0 Å². The molecule has 2 aromatic rings.